The standard InChI is InChI=1S/C21H22F6N2O4S/c1-13(2)11-29(12-14-5-4-6-18(7-14)33-34(3,31)32)19(30)28-17-9-15(20(22,23)24)8-16(10-17)21(25,26)27/h4-10,13H,11-12H2,1-3H3,(H,28,30). The summed E-state index contributed by atoms with van der Waals surface area (Å²) in [6.45, 7) is 3.51. The van der Waals surface area contributed by atoms with Gasteiger partial charge in [0.05, 0.1) is 17.4 Å². The third-order valence-electron chi connectivity index (χ3n) is 4.23. The van der Waals surface area contributed by atoms with E-state index in [0.29, 0.717) is 17.7 Å². The Labute approximate surface area is 192 Å². The molecule has 0 aliphatic rings. The number of carbonyl (C=O) groups is 1. The molecule has 0 aromatic heterocycles. The number of urea groups is 1. The van der Waals surface area contributed by atoms with Crippen molar-refractivity contribution < 1.29 is 43.7 Å². The number of anilines is 1. The van der Waals surface area contributed by atoms with Gasteiger partial charge in [0.2, 0.25) is 0 Å². The lowest BCUT2D eigenvalue weighted by Gasteiger charge is -2.25. The second-order valence-corrected chi connectivity index (χ2v) is 9.51. The van der Waals surface area contributed by atoms with Crippen molar-refractivity contribution in [3.8, 4) is 5.75 Å². The Morgan fingerprint density at radius 3 is 2.03 bits per heavy atom. The van der Waals surface area contributed by atoms with Crippen molar-refractivity contribution in [2.75, 3.05) is 18.1 Å². The van der Waals surface area contributed by atoms with Crippen molar-refractivity contribution in [1.82, 2.24) is 4.90 Å². The van der Waals surface area contributed by atoms with Crippen LogP contribution < -0.4 is 9.50 Å². The van der Waals surface area contributed by atoms with Gasteiger partial charge in [0, 0.05) is 18.8 Å². The van der Waals surface area contributed by atoms with E-state index in [0.717, 1.165) is 6.26 Å². The molecule has 0 heterocycles. The van der Waals surface area contributed by atoms with Gasteiger partial charge in [-0.3, -0.25) is 0 Å². The third-order valence-corrected chi connectivity index (χ3v) is 4.73. The molecule has 34 heavy (non-hydrogen) atoms. The largest absolute Gasteiger partial charge is 0.416 e. The maximum Gasteiger partial charge on any atom is 0.416 e. The average molecular weight is 512 g/mol. The summed E-state index contributed by atoms with van der Waals surface area (Å²) in [5.41, 5.74) is -3.36. The second kappa shape index (κ2) is 10.1. The summed E-state index contributed by atoms with van der Waals surface area (Å²) in [7, 11) is -3.81. The Balaban J connectivity index is 2.34. The fourth-order valence-electron chi connectivity index (χ4n) is 2.98. The van der Waals surface area contributed by atoms with Gasteiger partial charge in [-0.2, -0.15) is 34.8 Å². The van der Waals surface area contributed by atoms with Crippen molar-refractivity contribution in [2.45, 2.75) is 32.7 Å². The van der Waals surface area contributed by atoms with Gasteiger partial charge in [-0.1, -0.05) is 26.0 Å². The van der Waals surface area contributed by atoms with Gasteiger partial charge in [-0.05, 0) is 41.8 Å². The van der Waals surface area contributed by atoms with E-state index in [1.807, 2.05) is 0 Å². The van der Waals surface area contributed by atoms with Crippen LogP contribution in [0, 0.1) is 5.92 Å². The molecule has 0 fully saturated rings. The van der Waals surface area contributed by atoms with E-state index in [9.17, 15) is 39.6 Å². The number of amides is 2. The molecule has 2 amide bonds. The second-order valence-electron chi connectivity index (χ2n) is 7.93. The van der Waals surface area contributed by atoms with Gasteiger partial charge < -0.3 is 14.4 Å². The maximum atomic E-state index is 13.1. The summed E-state index contributed by atoms with van der Waals surface area (Å²) in [6.07, 6.45) is -9.26. The highest BCUT2D eigenvalue weighted by Gasteiger charge is 2.37. The van der Waals surface area contributed by atoms with Crippen molar-refractivity contribution >= 4 is 21.8 Å². The zero-order valence-corrected chi connectivity index (χ0v) is 19.1. The van der Waals surface area contributed by atoms with Gasteiger partial charge in [0.25, 0.3) is 0 Å². The molecule has 1 N–H and O–H groups in total. The van der Waals surface area contributed by atoms with Crippen molar-refractivity contribution in [3.05, 3.63) is 59.2 Å². The van der Waals surface area contributed by atoms with E-state index in [4.69, 9.17) is 4.18 Å². The molecule has 0 saturated heterocycles. The Hall–Kier alpha value is -2.96. The molecule has 13 heteroatoms. The normalized spacial score (nSPS) is 12.5. The monoisotopic (exact) mass is 512 g/mol. The van der Waals surface area contributed by atoms with Gasteiger partial charge in [-0.15, -0.1) is 0 Å². The van der Waals surface area contributed by atoms with E-state index in [2.05, 4.69) is 5.32 Å². The van der Waals surface area contributed by atoms with E-state index in [1.54, 1.807) is 19.9 Å². The summed E-state index contributed by atoms with van der Waals surface area (Å²) < 4.78 is 106. The predicted molar refractivity (Wildman–Crippen MR) is 113 cm³/mol. The maximum absolute atomic E-state index is 13.1. The molecule has 2 aromatic rings. The summed E-state index contributed by atoms with van der Waals surface area (Å²) >= 11 is 0. The smallest absolute Gasteiger partial charge is 0.383 e. The average Bonchev–Trinajstić information content (AvgIpc) is 2.64. The third kappa shape index (κ3) is 8.43. The van der Waals surface area contributed by atoms with Gasteiger partial charge in [0.1, 0.15) is 5.75 Å². The molecule has 0 atom stereocenters. The minimum absolute atomic E-state index is 0.0161. The molecule has 2 rings (SSSR count). The SMILES string of the molecule is CC(C)CN(Cc1cccc(OS(C)(=O)=O)c1)C(=O)Nc1cc(C(F)(F)F)cc(C(F)(F)F)c1. The van der Waals surface area contributed by atoms with E-state index >= 15 is 0 Å². The van der Waals surface area contributed by atoms with Crippen LogP contribution in [-0.4, -0.2) is 32.1 Å². The molecular weight excluding hydrogens is 490 g/mol. The summed E-state index contributed by atoms with van der Waals surface area (Å²) in [5, 5.41) is 2.11. The Morgan fingerprint density at radius 1 is 1.00 bits per heavy atom. The van der Waals surface area contributed by atoms with E-state index in [1.165, 1.54) is 23.1 Å². The summed E-state index contributed by atoms with van der Waals surface area (Å²) in [6, 6.07) is 5.63. The molecular formula is C21H22F6N2O4S. The first-order valence-electron chi connectivity index (χ1n) is 9.78. The Morgan fingerprint density at radius 2 is 1.56 bits per heavy atom. The van der Waals surface area contributed by atoms with Gasteiger partial charge in [0.15, 0.2) is 0 Å². The Kier molecular flexibility index (Phi) is 8.12. The van der Waals surface area contributed by atoms with Crippen molar-refractivity contribution in [2.24, 2.45) is 5.92 Å². The number of hydrogen-bond donors (Lipinski definition) is 1. The number of halogens is 6. The fraction of sp³-hybridized carbons (Fsp3) is 0.381. The van der Waals surface area contributed by atoms with Crippen LogP contribution in [-0.2, 0) is 29.0 Å². The Bertz CT molecular complexity index is 1100. The lowest BCUT2D eigenvalue weighted by atomic mass is 10.1. The van der Waals surface area contributed by atoms with Gasteiger partial charge >= 0.3 is 28.5 Å². The molecule has 0 aliphatic carbocycles. The van der Waals surface area contributed by atoms with Crippen molar-refractivity contribution in [1.29, 1.82) is 0 Å². The molecule has 0 aliphatic heterocycles. The highest BCUT2D eigenvalue weighted by Crippen LogP contribution is 2.37. The summed E-state index contributed by atoms with van der Waals surface area (Å²) in [5.74, 6) is -0.119. The number of rotatable bonds is 7. The lowest BCUT2D eigenvalue weighted by molar-refractivity contribution is -0.143. The van der Waals surface area contributed by atoms with Crippen LogP contribution in [0.25, 0.3) is 0 Å². The van der Waals surface area contributed by atoms with Crippen LogP contribution in [0.15, 0.2) is 42.5 Å². The van der Waals surface area contributed by atoms with Crippen LogP contribution in [0.3, 0.4) is 0 Å². The number of benzene rings is 2. The molecule has 6 nitrogen and oxygen atoms in total. The number of nitrogens with one attached hydrogen (secondary N) is 1. The highest BCUT2D eigenvalue weighted by molar-refractivity contribution is 7.86. The summed E-state index contributed by atoms with van der Waals surface area (Å²) in [4.78, 5) is 14.0. The van der Waals surface area contributed by atoms with Crippen LogP contribution in [0.5, 0.6) is 5.75 Å². The number of nitrogens with zero attached hydrogens (tertiary/aromatic N) is 1. The molecule has 2 aromatic carbocycles. The number of alkyl halides is 6. The van der Waals surface area contributed by atoms with Crippen molar-refractivity contribution in [3.63, 3.8) is 0 Å². The molecule has 0 saturated carbocycles. The minimum Gasteiger partial charge on any atom is -0.383 e. The van der Waals surface area contributed by atoms with Gasteiger partial charge in [-0.25, -0.2) is 4.79 Å². The first kappa shape index (κ1) is 27.3. The molecule has 0 bridgehead atoms. The quantitative estimate of drug-likeness (QED) is 0.379. The van der Waals surface area contributed by atoms with Crippen LogP contribution in [0.1, 0.15) is 30.5 Å². The first-order valence-corrected chi connectivity index (χ1v) is 11.6. The van der Waals surface area contributed by atoms with Crippen LogP contribution in [0.4, 0.5) is 36.8 Å². The first-order chi connectivity index (χ1) is 15.4. The molecule has 0 unspecified atom stereocenters. The zero-order chi connectivity index (χ0) is 25.9. The van der Waals surface area contributed by atoms with E-state index in [-0.39, 0.29) is 30.8 Å². The zero-order valence-electron chi connectivity index (χ0n) is 18.3. The highest BCUT2D eigenvalue weighted by atomic mass is 32.2. The molecule has 0 spiro atoms. The van der Waals surface area contributed by atoms with E-state index < -0.39 is 45.3 Å². The molecule has 188 valence electrons. The van der Waals surface area contributed by atoms with Crippen LogP contribution >= 0.6 is 0 Å². The number of hydrogen-bond acceptors (Lipinski definition) is 4. The topological polar surface area (TPSA) is 75.7 Å². The predicted octanol–water partition coefficient (Wildman–Crippen LogP) is 5.75. The number of carbonyl (C=O) groups excluding carboxylic acids is 1. The van der Waals surface area contributed by atoms with Crippen LogP contribution in [0.2, 0.25) is 0 Å². The lowest BCUT2D eigenvalue weighted by Crippen LogP contribution is -2.37. The molecule has 0 radical (unpaired) electrons. The minimum atomic E-state index is -5.06. The fourth-order valence-corrected chi connectivity index (χ4v) is 3.43.